The van der Waals surface area contributed by atoms with Crippen LogP contribution in [0.1, 0.15) is 12.7 Å². The molecule has 0 bridgehead atoms. The summed E-state index contributed by atoms with van der Waals surface area (Å²) in [5.41, 5.74) is 0.578. The van der Waals surface area contributed by atoms with Gasteiger partial charge in [-0.15, -0.1) is 10.2 Å². The summed E-state index contributed by atoms with van der Waals surface area (Å²) in [4.78, 5) is 26.2. The van der Waals surface area contributed by atoms with Crippen molar-refractivity contribution in [3.05, 3.63) is 66.2 Å². The number of halogens is 1. The molecule has 0 aliphatic carbocycles. The Morgan fingerprint density at radius 2 is 1.84 bits per heavy atom. The van der Waals surface area contributed by atoms with Crippen LogP contribution in [0.4, 0.5) is 10.1 Å². The second kappa shape index (κ2) is 11.1. The van der Waals surface area contributed by atoms with E-state index in [1.165, 1.54) is 33.8 Å². The van der Waals surface area contributed by atoms with Gasteiger partial charge in [0.05, 0.1) is 12.4 Å². The number of hydrogen-bond acceptors (Lipinski definition) is 8. The first-order valence-corrected chi connectivity index (χ1v) is 10.7. The smallest absolute Gasteiger partial charge is 0.326 e. The fraction of sp³-hybridized carbons (Fsp3) is 0.238. The van der Waals surface area contributed by atoms with Crippen molar-refractivity contribution >= 4 is 29.3 Å². The van der Waals surface area contributed by atoms with Crippen LogP contribution in [0.25, 0.3) is 0 Å². The minimum Gasteiger partial charge on any atom is -0.486 e. The molecule has 0 atom stereocenters. The summed E-state index contributed by atoms with van der Waals surface area (Å²) < 4.78 is 24.7. The number of anilines is 1. The van der Waals surface area contributed by atoms with E-state index in [1.54, 1.807) is 31.2 Å². The van der Waals surface area contributed by atoms with Crippen LogP contribution in [0.5, 0.6) is 5.75 Å². The van der Waals surface area contributed by atoms with E-state index >= 15 is 0 Å². The monoisotopic (exact) mass is 459 g/mol. The van der Waals surface area contributed by atoms with E-state index in [0.29, 0.717) is 22.4 Å². The van der Waals surface area contributed by atoms with Gasteiger partial charge in [-0.2, -0.15) is 0 Å². The highest BCUT2D eigenvalue weighted by Gasteiger charge is 2.21. The van der Waals surface area contributed by atoms with Gasteiger partial charge in [0.1, 0.15) is 24.7 Å². The molecule has 2 aromatic carbocycles. The second-order valence-electron chi connectivity index (χ2n) is 6.42. The van der Waals surface area contributed by atoms with Crippen LogP contribution in [0.3, 0.4) is 0 Å². The highest BCUT2D eigenvalue weighted by molar-refractivity contribution is 7.99. The molecule has 0 unspecified atom stereocenters. The van der Waals surface area contributed by atoms with Crippen molar-refractivity contribution in [3.63, 3.8) is 0 Å². The molecule has 0 spiro atoms. The lowest BCUT2D eigenvalue weighted by molar-refractivity contribution is -0.142. The molecule has 1 amide bonds. The third kappa shape index (κ3) is 6.20. The van der Waals surface area contributed by atoms with Crippen molar-refractivity contribution in [1.82, 2.24) is 14.9 Å². The zero-order chi connectivity index (χ0) is 22.9. The molecule has 9 nitrogen and oxygen atoms in total. The Labute approximate surface area is 188 Å². The summed E-state index contributed by atoms with van der Waals surface area (Å²) in [6.45, 7) is 1.74. The number of hydrogen-bond donors (Lipinski definition) is 1. The van der Waals surface area contributed by atoms with Gasteiger partial charge in [0.25, 0.3) is 0 Å². The van der Waals surface area contributed by atoms with E-state index in [-0.39, 0.29) is 37.2 Å². The largest absolute Gasteiger partial charge is 0.486 e. The number of carbonyl (C=O) groups excluding carboxylic acids is 2. The Bertz CT molecular complexity index is 1050. The van der Waals surface area contributed by atoms with Gasteiger partial charge in [0.2, 0.25) is 11.1 Å². The van der Waals surface area contributed by atoms with Crippen molar-refractivity contribution in [2.24, 2.45) is 0 Å². The van der Waals surface area contributed by atoms with Gasteiger partial charge in [0, 0.05) is 5.69 Å². The summed E-state index contributed by atoms with van der Waals surface area (Å²) in [7, 11) is 0. The van der Waals surface area contributed by atoms with E-state index in [1.807, 2.05) is 6.07 Å². The predicted octanol–water partition coefficient (Wildman–Crippen LogP) is 2.40. The van der Waals surface area contributed by atoms with Gasteiger partial charge >= 0.3 is 5.97 Å². The van der Waals surface area contributed by atoms with Crippen molar-refractivity contribution in [2.75, 3.05) is 29.6 Å². The minimum atomic E-state index is -0.503. The van der Waals surface area contributed by atoms with Crippen LogP contribution in [0.2, 0.25) is 0 Å². The number of para-hydroxylation sites is 1. The number of ether oxygens (including phenoxy) is 2. The average Bonchev–Trinajstić information content (AvgIpc) is 3.15. The van der Waals surface area contributed by atoms with E-state index in [4.69, 9.17) is 15.3 Å². The third-order valence-electron chi connectivity index (χ3n) is 4.20. The van der Waals surface area contributed by atoms with Crippen molar-refractivity contribution < 1.29 is 23.5 Å². The first-order valence-electron chi connectivity index (χ1n) is 9.69. The number of carbonyl (C=O) groups is 2. The predicted molar refractivity (Wildman–Crippen MR) is 117 cm³/mol. The summed E-state index contributed by atoms with van der Waals surface area (Å²) in [6, 6.07) is 14.4. The number of benzene rings is 2. The Morgan fingerprint density at radius 3 is 2.53 bits per heavy atom. The highest BCUT2D eigenvalue weighted by Crippen LogP contribution is 2.20. The lowest BCUT2D eigenvalue weighted by atomic mass is 10.3. The quantitative estimate of drug-likeness (QED) is 0.279. The molecule has 0 saturated heterocycles. The van der Waals surface area contributed by atoms with Crippen molar-refractivity contribution in [3.8, 4) is 5.75 Å². The molecule has 0 aliphatic heterocycles. The number of thioether (sulfide) groups is 1. The first-order chi connectivity index (χ1) is 15.5. The normalized spacial score (nSPS) is 10.6. The van der Waals surface area contributed by atoms with Gasteiger partial charge in [-0.05, 0) is 43.3 Å². The van der Waals surface area contributed by atoms with Gasteiger partial charge in [0.15, 0.2) is 5.82 Å². The van der Waals surface area contributed by atoms with Crippen LogP contribution in [-0.2, 0) is 20.9 Å². The SMILES string of the molecule is CCOC(=O)CN(C(=O)CSc1nnc(COc2ccc(F)cc2)n1N)c1ccccc1. The Hall–Kier alpha value is -3.60. The molecular formula is C21H22FN5O4S. The number of aromatic nitrogens is 3. The summed E-state index contributed by atoms with van der Waals surface area (Å²) in [5, 5.41) is 8.26. The van der Waals surface area contributed by atoms with Crippen molar-refractivity contribution in [2.45, 2.75) is 18.7 Å². The van der Waals surface area contributed by atoms with Crippen LogP contribution in [0, 0.1) is 5.82 Å². The minimum absolute atomic E-state index is 0.0165. The molecule has 0 fully saturated rings. The van der Waals surface area contributed by atoms with E-state index in [9.17, 15) is 14.0 Å². The number of nitrogen functional groups attached to an aromatic ring is 1. The van der Waals surface area contributed by atoms with Crippen LogP contribution in [-0.4, -0.2) is 45.7 Å². The first kappa shape index (κ1) is 23.1. The van der Waals surface area contributed by atoms with Gasteiger partial charge in [-0.1, -0.05) is 30.0 Å². The molecule has 2 N–H and O–H groups in total. The third-order valence-corrected chi connectivity index (χ3v) is 5.13. The van der Waals surface area contributed by atoms with Crippen LogP contribution >= 0.6 is 11.8 Å². The van der Waals surface area contributed by atoms with Crippen molar-refractivity contribution in [1.29, 1.82) is 0 Å². The average molecular weight is 460 g/mol. The van der Waals surface area contributed by atoms with E-state index in [2.05, 4.69) is 10.2 Å². The van der Waals surface area contributed by atoms with Gasteiger partial charge in [-0.25, -0.2) is 9.07 Å². The topological polar surface area (TPSA) is 113 Å². The lowest BCUT2D eigenvalue weighted by Gasteiger charge is -2.21. The maximum Gasteiger partial charge on any atom is 0.326 e. The second-order valence-corrected chi connectivity index (χ2v) is 7.36. The zero-order valence-electron chi connectivity index (χ0n) is 17.3. The molecular weight excluding hydrogens is 437 g/mol. The maximum atomic E-state index is 13.0. The molecule has 0 aliphatic rings. The summed E-state index contributed by atoms with van der Waals surface area (Å²) in [6.07, 6.45) is 0. The van der Waals surface area contributed by atoms with Gasteiger partial charge < -0.3 is 20.2 Å². The molecule has 11 heteroatoms. The summed E-state index contributed by atoms with van der Waals surface area (Å²) >= 11 is 1.08. The maximum absolute atomic E-state index is 13.0. The number of nitrogens with zero attached hydrogens (tertiary/aromatic N) is 4. The van der Waals surface area contributed by atoms with Crippen LogP contribution < -0.4 is 15.5 Å². The molecule has 168 valence electrons. The molecule has 3 rings (SSSR count). The number of amides is 1. The van der Waals surface area contributed by atoms with E-state index < -0.39 is 5.97 Å². The molecule has 32 heavy (non-hydrogen) atoms. The molecule has 0 radical (unpaired) electrons. The number of nitrogens with two attached hydrogens (primary N) is 1. The molecule has 3 aromatic rings. The molecule has 1 aromatic heterocycles. The fourth-order valence-electron chi connectivity index (χ4n) is 2.65. The molecule has 0 saturated carbocycles. The van der Waals surface area contributed by atoms with E-state index in [0.717, 1.165) is 11.8 Å². The molecule has 1 heterocycles. The lowest BCUT2D eigenvalue weighted by Crippen LogP contribution is -2.37. The zero-order valence-corrected chi connectivity index (χ0v) is 18.1. The summed E-state index contributed by atoms with van der Waals surface area (Å²) in [5.74, 6) is 5.59. The highest BCUT2D eigenvalue weighted by atomic mass is 32.2. The van der Waals surface area contributed by atoms with Crippen LogP contribution in [0.15, 0.2) is 59.8 Å². The Morgan fingerprint density at radius 1 is 1.12 bits per heavy atom. The standard InChI is InChI=1S/C21H22FN5O4S/c1-2-30-20(29)12-26(16-6-4-3-5-7-16)19(28)14-32-21-25-24-18(27(21)23)13-31-17-10-8-15(22)9-11-17/h3-11H,2,12-14,23H2,1H3. The number of rotatable bonds is 10. The van der Waals surface area contributed by atoms with Gasteiger partial charge in [-0.3, -0.25) is 9.59 Å². The Kier molecular flexibility index (Phi) is 8.03. The fourth-order valence-corrected chi connectivity index (χ4v) is 3.41. The Balaban J connectivity index is 1.62. The number of esters is 1.